The Morgan fingerprint density at radius 1 is 1.04 bits per heavy atom. The summed E-state index contributed by atoms with van der Waals surface area (Å²) in [5.41, 5.74) is 4.63. The van der Waals surface area contributed by atoms with Crippen molar-refractivity contribution in [2.75, 3.05) is 13.2 Å². The van der Waals surface area contributed by atoms with Gasteiger partial charge >= 0.3 is 0 Å². The second-order valence-corrected chi connectivity index (χ2v) is 6.77. The monoisotopic (exact) mass is 334 g/mol. The highest BCUT2D eigenvalue weighted by Crippen LogP contribution is 2.53. The number of aliphatic hydroxyl groups is 1. The summed E-state index contributed by atoms with van der Waals surface area (Å²) in [5.74, 6) is 2.50. The van der Waals surface area contributed by atoms with Crippen molar-refractivity contribution in [3.8, 4) is 23.5 Å². The molecule has 0 amide bonds. The minimum Gasteiger partial charge on any atom is -0.380 e. The summed E-state index contributed by atoms with van der Waals surface area (Å²) in [6.07, 6.45) is 6.67. The lowest BCUT2D eigenvalue weighted by atomic mass is 9.70. The molecular weight excluding hydrogens is 312 g/mol. The topological polar surface area (TPSA) is 38.7 Å². The zero-order chi connectivity index (χ0) is 17.3. The Hall–Kier alpha value is -2.12. The maximum Gasteiger partial charge on any atom is 0.157 e. The van der Waals surface area contributed by atoms with Crippen LogP contribution in [-0.4, -0.2) is 30.7 Å². The SMILES string of the molecule is C#CC(O)CC1(CCC2OCCO2)c2ccccc2-c2ccccc21. The molecule has 1 atom stereocenters. The molecule has 1 unspecified atom stereocenters. The van der Waals surface area contributed by atoms with E-state index >= 15 is 0 Å². The first kappa shape index (κ1) is 16.4. The fourth-order valence-electron chi connectivity index (χ4n) is 4.33. The minimum atomic E-state index is -0.787. The number of hydrogen-bond donors (Lipinski definition) is 1. The molecule has 25 heavy (non-hydrogen) atoms. The lowest BCUT2D eigenvalue weighted by molar-refractivity contribution is -0.0510. The van der Waals surface area contributed by atoms with Crippen LogP contribution in [0.1, 0.15) is 30.4 Å². The van der Waals surface area contributed by atoms with Crippen LogP contribution in [0.15, 0.2) is 48.5 Å². The van der Waals surface area contributed by atoms with E-state index in [1.54, 1.807) is 0 Å². The van der Waals surface area contributed by atoms with Crippen molar-refractivity contribution in [2.24, 2.45) is 0 Å². The molecule has 1 heterocycles. The van der Waals surface area contributed by atoms with Gasteiger partial charge in [0.25, 0.3) is 0 Å². The van der Waals surface area contributed by atoms with Gasteiger partial charge in [0.05, 0.1) is 13.2 Å². The van der Waals surface area contributed by atoms with Crippen LogP contribution in [0.5, 0.6) is 0 Å². The van der Waals surface area contributed by atoms with Crippen LogP contribution in [0.25, 0.3) is 11.1 Å². The summed E-state index contributed by atoms with van der Waals surface area (Å²) in [6, 6.07) is 16.9. The van der Waals surface area contributed by atoms with Crippen molar-refractivity contribution < 1.29 is 14.6 Å². The Balaban J connectivity index is 1.80. The fourth-order valence-corrected chi connectivity index (χ4v) is 4.33. The molecular formula is C22H22O3. The Morgan fingerprint density at radius 3 is 2.16 bits per heavy atom. The van der Waals surface area contributed by atoms with Crippen molar-refractivity contribution in [3.05, 3.63) is 59.7 Å². The predicted octanol–water partition coefficient (Wildman–Crippen LogP) is 3.49. The van der Waals surface area contributed by atoms with Gasteiger partial charge in [-0.2, -0.15) is 0 Å². The molecule has 128 valence electrons. The Kier molecular flexibility index (Phi) is 4.35. The molecule has 1 saturated heterocycles. The van der Waals surface area contributed by atoms with E-state index in [0.717, 1.165) is 12.8 Å². The fraction of sp³-hybridized carbons (Fsp3) is 0.364. The zero-order valence-electron chi connectivity index (χ0n) is 14.2. The van der Waals surface area contributed by atoms with Crippen LogP contribution in [0.4, 0.5) is 0 Å². The molecule has 0 radical (unpaired) electrons. The van der Waals surface area contributed by atoms with E-state index in [9.17, 15) is 5.11 Å². The average Bonchev–Trinajstić information content (AvgIpc) is 3.27. The van der Waals surface area contributed by atoms with Crippen molar-refractivity contribution in [1.82, 2.24) is 0 Å². The first-order valence-corrected chi connectivity index (χ1v) is 8.81. The molecule has 2 aliphatic rings. The van der Waals surface area contributed by atoms with Gasteiger partial charge < -0.3 is 14.6 Å². The summed E-state index contributed by atoms with van der Waals surface area (Å²) in [7, 11) is 0. The molecule has 2 aromatic carbocycles. The summed E-state index contributed by atoms with van der Waals surface area (Å²) in [6.45, 7) is 1.30. The molecule has 0 saturated carbocycles. The van der Waals surface area contributed by atoms with E-state index in [1.165, 1.54) is 22.3 Å². The van der Waals surface area contributed by atoms with Crippen molar-refractivity contribution in [3.63, 3.8) is 0 Å². The summed E-state index contributed by atoms with van der Waals surface area (Å²) in [5, 5.41) is 10.3. The lowest BCUT2D eigenvalue weighted by Gasteiger charge is -2.34. The van der Waals surface area contributed by atoms with Crippen LogP contribution in [-0.2, 0) is 14.9 Å². The molecule has 0 bridgehead atoms. The van der Waals surface area contributed by atoms with E-state index in [2.05, 4.69) is 54.5 Å². The molecule has 1 aliphatic carbocycles. The van der Waals surface area contributed by atoms with Crippen LogP contribution in [0.2, 0.25) is 0 Å². The van der Waals surface area contributed by atoms with Gasteiger partial charge in [-0.3, -0.25) is 0 Å². The third kappa shape index (κ3) is 2.77. The zero-order valence-corrected chi connectivity index (χ0v) is 14.2. The number of terminal acetylenes is 1. The molecule has 1 N–H and O–H groups in total. The largest absolute Gasteiger partial charge is 0.380 e. The van der Waals surface area contributed by atoms with Gasteiger partial charge in [0.1, 0.15) is 6.10 Å². The molecule has 4 rings (SSSR count). The van der Waals surface area contributed by atoms with Gasteiger partial charge in [-0.15, -0.1) is 6.42 Å². The highest BCUT2D eigenvalue weighted by molar-refractivity contribution is 5.81. The Labute approximate surface area is 148 Å². The van der Waals surface area contributed by atoms with Gasteiger partial charge in [-0.1, -0.05) is 54.5 Å². The van der Waals surface area contributed by atoms with Gasteiger partial charge in [0.2, 0.25) is 0 Å². The third-order valence-corrected chi connectivity index (χ3v) is 5.41. The van der Waals surface area contributed by atoms with Crippen LogP contribution >= 0.6 is 0 Å². The minimum absolute atomic E-state index is 0.167. The molecule has 0 spiro atoms. The van der Waals surface area contributed by atoms with Crippen LogP contribution in [0, 0.1) is 12.3 Å². The Morgan fingerprint density at radius 2 is 1.60 bits per heavy atom. The average molecular weight is 334 g/mol. The Bertz CT molecular complexity index is 753. The smallest absolute Gasteiger partial charge is 0.157 e. The predicted molar refractivity (Wildman–Crippen MR) is 97.0 cm³/mol. The third-order valence-electron chi connectivity index (χ3n) is 5.41. The lowest BCUT2D eigenvalue weighted by Crippen LogP contribution is -2.31. The van der Waals surface area contributed by atoms with Gasteiger partial charge in [-0.05, 0) is 41.5 Å². The number of aliphatic hydroxyl groups excluding tert-OH is 1. The molecule has 2 aromatic rings. The van der Waals surface area contributed by atoms with E-state index in [-0.39, 0.29) is 11.7 Å². The van der Waals surface area contributed by atoms with Gasteiger partial charge in [-0.25, -0.2) is 0 Å². The van der Waals surface area contributed by atoms with E-state index in [0.29, 0.717) is 19.6 Å². The van der Waals surface area contributed by atoms with E-state index < -0.39 is 6.10 Å². The second kappa shape index (κ2) is 6.65. The maximum absolute atomic E-state index is 10.3. The maximum atomic E-state index is 10.3. The van der Waals surface area contributed by atoms with Crippen molar-refractivity contribution in [2.45, 2.75) is 37.1 Å². The molecule has 3 nitrogen and oxygen atoms in total. The van der Waals surface area contributed by atoms with Gasteiger partial charge in [0.15, 0.2) is 6.29 Å². The first-order valence-electron chi connectivity index (χ1n) is 8.81. The van der Waals surface area contributed by atoms with Crippen molar-refractivity contribution >= 4 is 0 Å². The first-order chi connectivity index (χ1) is 12.2. The highest BCUT2D eigenvalue weighted by atomic mass is 16.7. The molecule has 3 heteroatoms. The van der Waals surface area contributed by atoms with Crippen LogP contribution in [0.3, 0.4) is 0 Å². The normalized spacial score (nSPS) is 19.2. The van der Waals surface area contributed by atoms with E-state index in [4.69, 9.17) is 15.9 Å². The molecule has 1 aliphatic heterocycles. The number of rotatable bonds is 5. The quantitative estimate of drug-likeness (QED) is 0.851. The standard InChI is InChI=1S/C22H22O3/c1-2-16(23)15-22(12-11-21-24-13-14-25-21)19-9-5-3-7-17(19)18-8-4-6-10-20(18)22/h1,3-10,16,21,23H,11-15H2. The number of benzene rings is 2. The number of fused-ring (bicyclic) bond motifs is 3. The number of hydrogen-bond acceptors (Lipinski definition) is 3. The highest BCUT2D eigenvalue weighted by Gasteiger charge is 2.44. The number of ether oxygens (including phenoxy) is 2. The molecule has 0 aromatic heterocycles. The van der Waals surface area contributed by atoms with Crippen molar-refractivity contribution in [1.29, 1.82) is 0 Å². The van der Waals surface area contributed by atoms with E-state index in [1.807, 2.05) is 0 Å². The summed E-state index contributed by atoms with van der Waals surface area (Å²) in [4.78, 5) is 0. The van der Waals surface area contributed by atoms with Crippen LogP contribution < -0.4 is 0 Å². The van der Waals surface area contributed by atoms with Gasteiger partial charge in [0, 0.05) is 5.41 Å². The second-order valence-electron chi connectivity index (χ2n) is 6.77. The summed E-state index contributed by atoms with van der Waals surface area (Å²) < 4.78 is 11.3. The summed E-state index contributed by atoms with van der Waals surface area (Å²) >= 11 is 0. The molecule has 1 fully saturated rings.